The van der Waals surface area contributed by atoms with Crippen molar-refractivity contribution in [2.75, 3.05) is 20.8 Å². The molecule has 0 radical (unpaired) electrons. The van der Waals surface area contributed by atoms with Gasteiger partial charge in [-0.05, 0) is 19.9 Å². The van der Waals surface area contributed by atoms with Crippen molar-refractivity contribution in [3.63, 3.8) is 0 Å². The molecule has 0 aromatic heterocycles. The first kappa shape index (κ1) is 10.5. The Morgan fingerprint density at radius 1 is 1.77 bits per heavy atom. The minimum Gasteiger partial charge on any atom is -0.469 e. The maximum absolute atomic E-state index is 11.0. The largest absolute Gasteiger partial charge is 0.469 e. The van der Waals surface area contributed by atoms with Gasteiger partial charge in [-0.1, -0.05) is 0 Å². The fourth-order valence-corrected chi connectivity index (χ4v) is 1.60. The van der Waals surface area contributed by atoms with Crippen molar-refractivity contribution >= 4 is 5.97 Å². The van der Waals surface area contributed by atoms with Crippen LogP contribution in [0.5, 0.6) is 0 Å². The molecule has 2 atom stereocenters. The second kappa shape index (κ2) is 5.19. The molecule has 1 N–H and O–H groups in total. The molecule has 0 spiro atoms. The van der Waals surface area contributed by atoms with Gasteiger partial charge in [-0.3, -0.25) is 4.79 Å². The number of esters is 1. The van der Waals surface area contributed by atoms with Crippen LogP contribution >= 0.6 is 0 Å². The average Bonchev–Trinajstić information content (AvgIpc) is 2.66. The molecule has 1 fully saturated rings. The fraction of sp³-hybridized carbons (Fsp3) is 0.889. The van der Waals surface area contributed by atoms with E-state index in [-0.39, 0.29) is 18.1 Å². The van der Waals surface area contributed by atoms with Crippen molar-refractivity contribution in [3.8, 4) is 0 Å². The lowest BCUT2D eigenvalue weighted by molar-refractivity contribution is -0.142. The standard InChI is InChI=1S/C9H17NO3/c1-10-7(6-9(11)12-2)8-4-3-5-13-8/h7-8,10H,3-6H2,1-2H3. The second-order valence-corrected chi connectivity index (χ2v) is 3.23. The summed E-state index contributed by atoms with van der Waals surface area (Å²) in [5.41, 5.74) is 0. The van der Waals surface area contributed by atoms with Crippen LogP contribution in [-0.4, -0.2) is 38.9 Å². The van der Waals surface area contributed by atoms with Gasteiger partial charge in [-0.15, -0.1) is 0 Å². The number of ether oxygens (including phenoxy) is 2. The van der Waals surface area contributed by atoms with Gasteiger partial charge in [0.1, 0.15) is 0 Å². The SMILES string of the molecule is CNC(CC(=O)OC)C1CCCO1. The lowest BCUT2D eigenvalue weighted by Gasteiger charge is -2.20. The van der Waals surface area contributed by atoms with Crippen LogP contribution < -0.4 is 5.32 Å². The molecule has 1 heterocycles. The van der Waals surface area contributed by atoms with Gasteiger partial charge in [0, 0.05) is 12.6 Å². The first-order valence-corrected chi connectivity index (χ1v) is 4.63. The molecule has 13 heavy (non-hydrogen) atoms. The highest BCUT2D eigenvalue weighted by Crippen LogP contribution is 2.17. The predicted octanol–water partition coefficient (Wildman–Crippen LogP) is 0.316. The summed E-state index contributed by atoms with van der Waals surface area (Å²) >= 11 is 0. The zero-order chi connectivity index (χ0) is 9.68. The number of hydrogen-bond acceptors (Lipinski definition) is 4. The summed E-state index contributed by atoms with van der Waals surface area (Å²) in [7, 11) is 3.25. The molecule has 0 aromatic rings. The van der Waals surface area contributed by atoms with Crippen molar-refractivity contribution in [1.29, 1.82) is 0 Å². The highest BCUT2D eigenvalue weighted by atomic mass is 16.5. The molecule has 0 bridgehead atoms. The third-order valence-corrected chi connectivity index (χ3v) is 2.40. The average molecular weight is 187 g/mol. The number of likely N-dealkylation sites (N-methyl/N-ethyl adjacent to an activating group) is 1. The Labute approximate surface area is 78.6 Å². The van der Waals surface area contributed by atoms with E-state index >= 15 is 0 Å². The van der Waals surface area contributed by atoms with E-state index in [1.807, 2.05) is 7.05 Å². The molecule has 0 saturated carbocycles. The van der Waals surface area contributed by atoms with Gasteiger partial charge >= 0.3 is 5.97 Å². The van der Waals surface area contributed by atoms with E-state index in [4.69, 9.17) is 4.74 Å². The Morgan fingerprint density at radius 3 is 3.00 bits per heavy atom. The van der Waals surface area contributed by atoms with Gasteiger partial charge in [-0.2, -0.15) is 0 Å². The van der Waals surface area contributed by atoms with E-state index in [0.29, 0.717) is 6.42 Å². The normalized spacial score (nSPS) is 24.3. The van der Waals surface area contributed by atoms with Gasteiger partial charge in [0.25, 0.3) is 0 Å². The monoisotopic (exact) mass is 187 g/mol. The Bertz CT molecular complexity index is 166. The number of hydrogen-bond donors (Lipinski definition) is 1. The van der Waals surface area contributed by atoms with E-state index in [1.165, 1.54) is 7.11 Å². The van der Waals surface area contributed by atoms with Crippen molar-refractivity contribution in [2.24, 2.45) is 0 Å². The first-order chi connectivity index (χ1) is 6.27. The molecular weight excluding hydrogens is 170 g/mol. The summed E-state index contributed by atoms with van der Waals surface area (Å²) in [5.74, 6) is -0.185. The van der Waals surface area contributed by atoms with E-state index in [9.17, 15) is 4.79 Å². The van der Waals surface area contributed by atoms with Crippen LogP contribution in [0.25, 0.3) is 0 Å². The highest BCUT2D eigenvalue weighted by molar-refractivity contribution is 5.70. The van der Waals surface area contributed by atoms with E-state index in [1.54, 1.807) is 0 Å². The van der Waals surface area contributed by atoms with Crippen molar-refractivity contribution in [2.45, 2.75) is 31.4 Å². The lowest BCUT2D eigenvalue weighted by atomic mass is 10.1. The molecule has 76 valence electrons. The Balaban J connectivity index is 2.37. The molecular formula is C9H17NO3. The number of carbonyl (C=O) groups excluding carboxylic acids is 1. The summed E-state index contributed by atoms with van der Waals surface area (Å²) in [6.45, 7) is 0.810. The topological polar surface area (TPSA) is 47.6 Å². The van der Waals surface area contributed by atoms with Crippen LogP contribution in [0.4, 0.5) is 0 Å². The fourth-order valence-electron chi connectivity index (χ4n) is 1.60. The zero-order valence-electron chi connectivity index (χ0n) is 8.21. The Kier molecular flexibility index (Phi) is 4.18. The number of methoxy groups -OCH3 is 1. The predicted molar refractivity (Wildman–Crippen MR) is 48.5 cm³/mol. The zero-order valence-corrected chi connectivity index (χ0v) is 8.21. The summed E-state index contributed by atoms with van der Waals surface area (Å²) in [4.78, 5) is 11.0. The Morgan fingerprint density at radius 2 is 2.54 bits per heavy atom. The number of carbonyl (C=O) groups is 1. The minimum atomic E-state index is -0.185. The van der Waals surface area contributed by atoms with Crippen LogP contribution in [0.3, 0.4) is 0 Å². The summed E-state index contributed by atoms with van der Waals surface area (Å²) in [6, 6.07) is 0.0925. The number of rotatable bonds is 4. The molecule has 4 heteroatoms. The van der Waals surface area contributed by atoms with Gasteiger partial charge in [-0.25, -0.2) is 0 Å². The van der Waals surface area contributed by atoms with E-state index in [0.717, 1.165) is 19.4 Å². The molecule has 1 saturated heterocycles. The minimum absolute atomic E-state index is 0.0925. The molecule has 0 aromatic carbocycles. The molecule has 1 aliphatic rings. The molecule has 0 aliphatic carbocycles. The van der Waals surface area contributed by atoms with Gasteiger partial charge in [0.15, 0.2) is 0 Å². The van der Waals surface area contributed by atoms with Crippen LogP contribution in [0.1, 0.15) is 19.3 Å². The van der Waals surface area contributed by atoms with Crippen LogP contribution in [0, 0.1) is 0 Å². The second-order valence-electron chi connectivity index (χ2n) is 3.23. The van der Waals surface area contributed by atoms with Crippen LogP contribution in [-0.2, 0) is 14.3 Å². The number of nitrogens with one attached hydrogen (secondary N) is 1. The third-order valence-electron chi connectivity index (χ3n) is 2.40. The van der Waals surface area contributed by atoms with E-state index < -0.39 is 0 Å². The quantitative estimate of drug-likeness (QED) is 0.644. The van der Waals surface area contributed by atoms with Crippen molar-refractivity contribution < 1.29 is 14.3 Å². The lowest BCUT2D eigenvalue weighted by Crippen LogP contribution is -2.39. The maximum Gasteiger partial charge on any atom is 0.307 e. The van der Waals surface area contributed by atoms with Gasteiger partial charge in [0.05, 0.1) is 19.6 Å². The molecule has 1 aliphatic heterocycles. The van der Waals surface area contributed by atoms with Crippen LogP contribution in [0.2, 0.25) is 0 Å². The van der Waals surface area contributed by atoms with Crippen LogP contribution in [0.15, 0.2) is 0 Å². The molecule has 2 unspecified atom stereocenters. The highest BCUT2D eigenvalue weighted by Gasteiger charge is 2.26. The van der Waals surface area contributed by atoms with Crippen molar-refractivity contribution in [1.82, 2.24) is 5.32 Å². The molecule has 0 amide bonds. The van der Waals surface area contributed by atoms with Crippen molar-refractivity contribution in [3.05, 3.63) is 0 Å². The van der Waals surface area contributed by atoms with E-state index in [2.05, 4.69) is 10.1 Å². The van der Waals surface area contributed by atoms with Gasteiger partial charge in [0.2, 0.25) is 0 Å². The molecule has 1 rings (SSSR count). The molecule has 4 nitrogen and oxygen atoms in total. The first-order valence-electron chi connectivity index (χ1n) is 4.63. The maximum atomic E-state index is 11.0. The summed E-state index contributed by atoms with van der Waals surface area (Å²) in [5, 5.41) is 3.08. The third kappa shape index (κ3) is 2.97. The smallest absolute Gasteiger partial charge is 0.307 e. The summed E-state index contributed by atoms with van der Waals surface area (Å²) < 4.78 is 10.1. The van der Waals surface area contributed by atoms with Gasteiger partial charge < -0.3 is 14.8 Å². The summed E-state index contributed by atoms with van der Waals surface area (Å²) in [6.07, 6.45) is 2.67. The Hall–Kier alpha value is -0.610.